The standard InChI is InChI=1S/C13H16ClN3O2/c14-10-4-3-9(13(15)19)5-11(10)17-12(18)7-16-6-8-1-2-8/h3-5,8,16H,1-2,6-7H2,(H2,15,19)(H,17,18). The molecule has 6 heteroatoms. The van der Waals surface area contributed by atoms with E-state index in [1.807, 2.05) is 0 Å². The number of nitrogens with two attached hydrogens (primary N) is 1. The first-order valence-electron chi connectivity index (χ1n) is 6.16. The Labute approximate surface area is 116 Å². The van der Waals surface area contributed by atoms with Crippen LogP contribution in [0.3, 0.4) is 0 Å². The Morgan fingerprint density at radius 1 is 1.37 bits per heavy atom. The number of anilines is 1. The molecule has 1 aromatic carbocycles. The van der Waals surface area contributed by atoms with E-state index in [0.29, 0.717) is 16.3 Å². The zero-order valence-electron chi connectivity index (χ0n) is 10.4. The van der Waals surface area contributed by atoms with Gasteiger partial charge in [0.2, 0.25) is 11.8 Å². The van der Waals surface area contributed by atoms with Crippen LogP contribution in [-0.4, -0.2) is 24.9 Å². The molecular formula is C13H16ClN3O2. The van der Waals surface area contributed by atoms with Crippen LogP contribution in [0.1, 0.15) is 23.2 Å². The number of primary amides is 1. The molecule has 0 bridgehead atoms. The van der Waals surface area contributed by atoms with Crippen molar-refractivity contribution in [2.75, 3.05) is 18.4 Å². The molecule has 1 saturated carbocycles. The van der Waals surface area contributed by atoms with Crippen molar-refractivity contribution in [1.29, 1.82) is 0 Å². The van der Waals surface area contributed by atoms with Crippen molar-refractivity contribution < 1.29 is 9.59 Å². The van der Waals surface area contributed by atoms with Crippen LogP contribution < -0.4 is 16.4 Å². The van der Waals surface area contributed by atoms with Gasteiger partial charge >= 0.3 is 0 Å². The van der Waals surface area contributed by atoms with E-state index in [0.717, 1.165) is 12.5 Å². The topological polar surface area (TPSA) is 84.2 Å². The molecule has 0 aromatic heterocycles. The summed E-state index contributed by atoms with van der Waals surface area (Å²) in [7, 11) is 0. The van der Waals surface area contributed by atoms with Crippen molar-refractivity contribution in [1.82, 2.24) is 5.32 Å². The molecule has 19 heavy (non-hydrogen) atoms. The molecule has 5 nitrogen and oxygen atoms in total. The summed E-state index contributed by atoms with van der Waals surface area (Å²) < 4.78 is 0. The Morgan fingerprint density at radius 3 is 2.74 bits per heavy atom. The van der Waals surface area contributed by atoms with E-state index in [2.05, 4.69) is 10.6 Å². The van der Waals surface area contributed by atoms with E-state index in [1.54, 1.807) is 0 Å². The lowest BCUT2D eigenvalue weighted by atomic mass is 10.2. The van der Waals surface area contributed by atoms with E-state index in [4.69, 9.17) is 17.3 Å². The van der Waals surface area contributed by atoms with Crippen LogP contribution >= 0.6 is 11.6 Å². The Bertz CT molecular complexity index is 501. The predicted octanol–water partition coefficient (Wildman–Crippen LogP) is 1.38. The van der Waals surface area contributed by atoms with E-state index < -0.39 is 5.91 Å². The zero-order valence-corrected chi connectivity index (χ0v) is 11.2. The molecular weight excluding hydrogens is 266 g/mol. The van der Waals surface area contributed by atoms with Gasteiger partial charge in [-0.1, -0.05) is 11.6 Å². The van der Waals surface area contributed by atoms with Crippen LogP contribution in [0.4, 0.5) is 5.69 Å². The predicted molar refractivity (Wildman–Crippen MR) is 74.2 cm³/mol. The van der Waals surface area contributed by atoms with Gasteiger partial charge in [0.1, 0.15) is 0 Å². The third-order valence-electron chi connectivity index (χ3n) is 2.94. The molecule has 0 heterocycles. The summed E-state index contributed by atoms with van der Waals surface area (Å²) in [6.45, 7) is 1.09. The maximum absolute atomic E-state index is 11.7. The fraction of sp³-hybridized carbons (Fsp3) is 0.385. The van der Waals surface area contributed by atoms with Crippen LogP contribution in [0.2, 0.25) is 5.02 Å². The lowest BCUT2D eigenvalue weighted by Crippen LogP contribution is -2.29. The molecule has 1 aromatic rings. The highest BCUT2D eigenvalue weighted by Crippen LogP contribution is 2.27. The molecule has 0 spiro atoms. The minimum atomic E-state index is -0.556. The fourth-order valence-corrected chi connectivity index (χ4v) is 1.85. The minimum Gasteiger partial charge on any atom is -0.366 e. The summed E-state index contributed by atoms with van der Waals surface area (Å²) in [6.07, 6.45) is 2.47. The number of halogens is 1. The van der Waals surface area contributed by atoms with E-state index in [-0.39, 0.29) is 12.5 Å². The van der Waals surface area contributed by atoms with Crippen molar-refractivity contribution in [2.24, 2.45) is 11.7 Å². The molecule has 1 aliphatic carbocycles. The van der Waals surface area contributed by atoms with Crippen LogP contribution in [-0.2, 0) is 4.79 Å². The van der Waals surface area contributed by atoms with Gasteiger partial charge in [0, 0.05) is 5.56 Å². The Kier molecular flexibility index (Phi) is 4.39. The summed E-state index contributed by atoms with van der Waals surface area (Å²) in [5, 5.41) is 6.11. The first-order valence-corrected chi connectivity index (χ1v) is 6.54. The number of nitrogens with one attached hydrogen (secondary N) is 2. The maximum atomic E-state index is 11.7. The number of rotatable bonds is 6. The smallest absolute Gasteiger partial charge is 0.248 e. The summed E-state index contributed by atoms with van der Waals surface area (Å²) in [5.74, 6) is -0.0298. The number of hydrogen-bond donors (Lipinski definition) is 3. The van der Waals surface area contributed by atoms with Gasteiger partial charge in [-0.2, -0.15) is 0 Å². The second-order valence-electron chi connectivity index (χ2n) is 4.68. The average Bonchev–Trinajstić information content (AvgIpc) is 3.15. The van der Waals surface area contributed by atoms with Crippen LogP contribution in [0.15, 0.2) is 18.2 Å². The maximum Gasteiger partial charge on any atom is 0.248 e. The van der Waals surface area contributed by atoms with Gasteiger partial charge in [-0.3, -0.25) is 9.59 Å². The van der Waals surface area contributed by atoms with Crippen LogP contribution in [0, 0.1) is 5.92 Å². The molecule has 2 rings (SSSR count). The summed E-state index contributed by atoms with van der Waals surface area (Å²) in [4.78, 5) is 22.8. The largest absolute Gasteiger partial charge is 0.366 e. The number of carbonyl (C=O) groups excluding carboxylic acids is 2. The quantitative estimate of drug-likeness (QED) is 0.736. The fourth-order valence-electron chi connectivity index (χ4n) is 1.68. The molecule has 102 valence electrons. The van der Waals surface area contributed by atoms with Crippen molar-refractivity contribution in [3.63, 3.8) is 0 Å². The van der Waals surface area contributed by atoms with Gasteiger partial charge in [0.25, 0.3) is 0 Å². The summed E-state index contributed by atoms with van der Waals surface area (Å²) in [6, 6.07) is 4.53. The van der Waals surface area contributed by atoms with Crippen molar-refractivity contribution >= 4 is 29.1 Å². The second kappa shape index (κ2) is 6.04. The second-order valence-corrected chi connectivity index (χ2v) is 5.09. The molecule has 0 aliphatic heterocycles. The van der Waals surface area contributed by atoms with Gasteiger partial charge in [-0.25, -0.2) is 0 Å². The van der Waals surface area contributed by atoms with E-state index in [9.17, 15) is 9.59 Å². The lowest BCUT2D eigenvalue weighted by Gasteiger charge is -2.09. The first kappa shape index (κ1) is 13.8. The molecule has 2 amide bonds. The lowest BCUT2D eigenvalue weighted by molar-refractivity contribution is -0.115. The highest BCUT2D eigenvalue weighted by Gasteiger charge is 2.20. The molecule has 1 fully saturated rings. The number of hydrogen-bond acceptors (Lipinski definition) is 3. The average molecular weight is 282 g/mol. The highest BCUT2D eigenvalue weighted by atomic mass is 35.5. The van der Waals surface area contributed by atoms with Gasteiger partial charge in [0.05, 0.1) is 17.3 Å². The van der Waals surface area contributed by atoms with Crippen molar-refractivity contribution in [2.45, 2.75) is 12.8 Å². The normalized spacial score (nSPS) is 14.2. The van der Waals surface area contributed by atoms with Crippen LogP contribution in [0.5, 0.6) is 0 Å². The third kappa shape index (κ3) is 4.22. The van der Waals surface area contributed by atoms with Gasteiger partial charge in [0.15, 0.2) is 0 Å². The summed E-state index contributed by atoms with van der Waals surface area (Å²) in [5.41, 5.74) is 5.89. The van der Waals surface area contributed by atoms with Crippen LogP contribution in [0.25, 0.3) is 0 Å². The number of benzene rings is 1. The van der Waals surface area contributed by atoms with Crippen molar-refractivity contribution in [3.05, 3.63) is 28.8 Å². The molecule has 1 aliphatic rings. The molecule has 0 saturated heterocycles. The monoisotopic (exact) mass is 281 g/mol. The highest BCUT2D eigenvalue weighted by molar-refractivity contribution is 6.33. The van der Waals surface area contributed by atoms with Gasteiger partial charge in [-0.15, -0.1) is 0 Å². The van der Waals surface area contributed by atoms with Gasteiger partial charge < -0.3 is 16.4 Å². The summed E-state index contributed by atoms with van der Waals surface area (Å²) >= 11 is 5.95. The molecule has 0 unspecified atom stereocenters. The SMILES string of the molecule is NC(=O)c1ccc(Cl)c(NC(=O)CNCC2CC2)c1. The zero-order chi connectivity index (χ0) is 13.8. The van der Waals surface area contributed by atoms with Gasteiger partial charge in [-0.05, 0) is 43.5 Å². The van der Waals surface area contributed by atoms with E-state index >= 15 is 0 Å². The Morgan fingerprint density at radius 2 is 2.11 bits per heavy atom. The third-order valence-corrected chi connectivity index (χ3v) is 3.27. The number of carbonyl (C=O) groups is 2. The number of amides is 2. The molecule has 0 atom stereocenters. The molecule has 4 N–H and O–H groups in total. The van der Waals surface area contributed by atoms with E-state index in [1.165, 1.54) is 31.0 Å². The minimum absolute atomic E-state index is 0.191. The molecule has 0 radical (unpaired) electrons. The first-order chi connectivity index (χ1) is 9.06. The Balaban J connectivity index is 1.90. The van der Waals surface area contributed by atoms with Crippen molar-refractivity contribution in [3.8, 4) is 0 Å². The Hall–Kier alpha value is -1.59.